The predicted molar refractivity (Wildman–Crippen MR) is 134 cm³/mol. The number of fused-ring (bicyclic) bond motifs is 1. The first-order valence-corrected chi connectivity index (χ1v) is 11.5. The third-order valence-electron chi connectivity index (χ3n) is 5.51. The summed E-state index contributed by atoms with van der Waals surface area (Å²) in [5, 5.41) is 11.0. The Morgan fingerprint density at radius 3 is 2.78 bits per heavy atom. The quantitative estimate of drug-likeness (QED) is 0.331. The van der Waals surface area contributed by atoms with Gasteiger partial charge in [0.25, 0.3) is 0 Å². The number of hydrogen-bond donors (Lipinski definition) is 2. The zero-order valence-electron chi connectivity index (χ0n) is 18.4. The molecule has 4 heterocycles. The van der Waals surface area contributed by atoms with E-state index in [-0.39, 0.29) is 0 Å². The second kappa shape index (κ2) is 8.57. The molecule has 1 aromatic carbocycles. The molecule has 5 nitrogen and oxygen atoms in total. The number of nitrogens with one attached hydrogen (secondary N) is 2. The maximum atomic E-state index is 4.62. The summed E-state index contributed by atoms with van der Waals surface area (Å²) in [5.41, 5.74) is 8.77. The van der Waals surface area contributed by atoms with E-state index >= 15 is 0 Å². The highest BCUT2D eigenvalue weighted by Gasteiger charge is 2.14. The van der Waals surface area contributed by atoms with Crippen LogP contribution in [0.5, 0.6) is 0 Å². The molecule has 0 spiro atoms. The molecule has 5 aromatic rings. The average Bonchev–Trinajstić information content (AvgIpc) is 3.55. The molecule has 4 aromatic heterocycles. The fourth-order valence-corrected chi connectivity index (χ4v) is 4.89. The van der Waals surface area contributed by atoms with Crippen LogP contribution in [0.15, 0.2) is 72.5 Å². The fourth-order valence-electron chi connectivity index (χ4n) is 4.07. The van der Waals surface area contributed by atoms with Gasteiger partial charge in [0.1, 0.15) is 5.69 Å². The molecule has 0 aliphatic carbocycles. The highest BCUT2D eigenvalue weighted by atomic mass is 32.1. The van der Waals surface area contributed by atoms with Crippen LogP contribution in [0.2, 0.25) is 0 Å². The van der Waals surface area contributed by atoms with E-state index in [4.69, 9.17) is 0 Å². The highest BCUT2D eigenvalue weighted by Crippen LogP contribution is 2.33. The van der Waals surface area contributed by atoms with Gasteiger partial charge in [0.05, 0.1) is 11.2 Å². The van der Waals surface area contributed by atoms with E-state index in [0.29, 0.717) is 0 Å². The molecule has 0 saturated carbocycles. The van der Waals surface area contributed by atoms with Crippen LogP contribution in [0.25, 0.3) is 39.0 Å². The van der Waals surface area contributed by atoms with Gasteiger partial charge in [0.15, 0.2) is 0 Å². The van der Waals surface area contributed by atoms with Crippen molar-refractivity contribution >= 4 is 27.8 Å². The molecule has 0 fully saturated rings. The molecule has 0 unspecified atom stereocenters. The predicted octanol–water partition coefficient (Wildman–Crippen LogP) is 6.19. The van der Waals surface area contributed by atoms with Gasteiger partial charge >= 0.3 is 0 Å². The van der Waals surface area contributed by atoms with Crippen molar-refractivity contribution in [2.75, 3.05) is 14.1 Å². The van der Waals surface area contributed by atoms with Crippen LogP contribution >= 0.6 is 11.3 Å². The molecule has 5 rings (SSSR count). The van der Waals surface area contributed by atoms with Crippen LogP contribution in [0.3, 0.4) is 0 Å². The van der Waals surface area contributed by atoms with E-state index in [1.807, 2.05) is 12.4 Å². The summed E-state index contributed by atoms with van der Waals surface area (Å²) in [7, 11) is 4.14. The average molecular weight is 440 g/mol. The van der Waals surface area contributed by atoms with E-state index < -0.39 is 0 Å². The van der Waals surface area contributed by atoms with Gasteiger partial charge in [-0.25, -0.2) is 0 Å². The Labute approximate surface area is 191 Å². The van der Waals surface area contributed by atoms with Crippen molar-refractivity contribution in [3.05, 3.63) is 88.5 Å². The summed E-state index contributed by atoms with van der Waals surface area (Å²) in [4.78, 5) is 11.3. The molecule has 0 bridgehead atoms. The lowest BCUT2D eigenvalue weighted by atomic mass is 10.0. The zero-order chi connectivity index (χ0) is 22.1. The Balaban J connectivity index is 1.52. The van der Waals surface area contributed by atoms with Crippen LogP contribution in [0.1, 0.15) is 22.9 Å². The van der Waals surface area contributed by atoms with E-state index in [9.17, 15) is 0 Å². The smallest absolute Gasteiger partial charge is 0.116 e. The van der Waals surface area contributed by atoms with Crippen LogP contribution in [-0.4, -0.2) is 39.2 Å². The Morgan fingerprint density at radius 2 is 2.00 bits per heavy atom. The van der Waals surface area contributed by atoms with Crippen molar-refractivity contribution in [2.24, 2.45) is 0 Å². The number of thiophene rings is 1. The third kappa shape index (κ3) is 3.90. The minimum atomic E-state index is 0.864. The second-order valence-corrected chi connectivity index (χ2v) is 9.08. The Kier molecular flexibility index (Phi) is 5.47. The van der Waals surface area contributed by atoms with Crippen LogP contribution in [0, 0.1) is 0 Å². The molecule has 0 aliphatic heterocycles. The lowest BCUT2D eigenvalue weighted by Crippen LogP contribution is -2.10. The lowest BCUT2D eigenvalue weighted by molar-refractivity contribution is 0.402. The summed E-state index contributed by atoms with van der Waals surface area (Å²) in [6, 6.07) is 15.0. The zero-order valence-corrected chi connectivity index (χ0v) is 19.2. The SMILES string of the molecule is C/C=C(\c1c[nH]c(-c2n[nH]c3ccc(-c4cncc(CN(C)C)c4)cc23)c1)c1cccs1. The molecule has 32 heavy (non-hydrogen) atoms. The number of nitrogens with zero attached hydrogens (tertiary/aromatic N) is 3. The number of H-pyrrole nitrogens is 2. The van der Waals surface area contributed by atoms with E-state index in [1.165, 1.54) is 16.0 Å². The van der Waals surface area contributed by atoms with Crippen LogP contribution < -0.4 is 0 Å². The van der Waals surface area contributed by atoms with Crippen molar-refractivity contribution in [3.63, 3.8) is 0 Å². The molecule has 0 amide bonds. The maximum absolute atomic E-state index is 4.62. The number of benzene rings is 1. The molecule has 0 saturated heterocycles. The van der Waals surface area contributed by atoms with Crippen molar-refractivity contribution in [2.45, 2.75) is 13.5 Å². The molecule has 0 aliphatic rings. The monoisotopic (exact) mass is 439 g/mol. The fraction of sp³-hybridized carbons (Fsp3) is 0.154. The Morgan fingerprint density at radius 1 is 1.09 bits per heavy atom. The number of hydrogen-bond acceptors (Lipinski definition) is 4. The molecule has 2 N–H and O–H groups in total. The molecular weight excluding hydrogens is 414 g/mol. The van der Waals surface area contributed by atoms with Gasteiger partial charge in [0.2, 0.25) is 0 Å². The van der Waals surface area contributed by atoms with E-state index in [2.05, 4.69) is 106 Å². The van der Waals surface area contributed by atoms with Crippen molar-refractivity contribution in [1.82, 2.24) is 25.1 Å². The van der Waals surface area contributed by atoms with Gasteiger partial charge in [-0.05, 0) is 73.4 Å². The first-order valence-electron chi connectivity index (χ1n) is 10.6. The van der Waals surface area contributed by atoms with E-state index in [1.54, 1.807) is 11.3 Å². The highest BCUT2D eigenvalue weighted by molar-refractivity contribution is 7.11. The van der Waals surface area contributed by atoms with Gasteiger partial charge in [0, 0.05) is 46.5 Å². The van der Waals surface area contributed by atoms with Crippen LogP contribution in [0.4, 0.5) is 0 Å². The molecule has 160 valence electrons. The number of aromatic amines is 2. The number of pyridine rings is 1. The summed E-state index contributed by atoms with van der Waals surface area (Å²) < 4.78 is 0. The Bertz CT molecular complexity index is 1390. The van der Waals surface area contributed by atoms with Gasteiger partial charge < -0.3 is 9.88 Å². The molecule has 6 heteroatoms. The molecule has 0 radical (unpaired) electrons. The summed E-state index contributed by atoms with van der Waals surface area (Å²) in [5.74, 6) is 0. The minimum absolute atomic E-state index is 0.864. The molecule has 0 atom stereocenters. The minimum Gasteiger partial charge on any atom is -0.359 e. The third-order valence-corrected chi connectivity index (χ3v) is 6.42. The van der Waals surface area contributed by atoms with E-state index in [0.717, 1.165) is 45.5 Å². The van der Waals surface area contributed by atoms with Crippen molar-refractivity contribution < 1.29 is 0 Å². The number of rotatable bonds is 6. The van der Waals surface area contributed by atoms with Gasteiger partial charge in [-0.15, -0.1) is 11.3 Å². The van der Waals surface area contributed by atoms with Crippen LogP contribution in [-0.2, 0) is 6.54 Å². The lowest BCUT2D eigenvalue weighted by Gasteiger charge is -2.10. The first-order chi connectivity index (χ1) is 15.6. The number of allylic oxidation sites excluding steroid dienone is 1. The normalized spacial score (nSPS) is 12.2. The Hall–Kier alpha value is -3.48. The summed E-state index contributed by atoms with van der Waals surface area (Å²) in [6.45, 7) is 2.94. The van der Waals surface area contributed by atoms with Crippen molar-refractivity contribution in [1.29, 1.82) is 0 Å². The topological polar surface area (TPSA) is 60.6 Å². The first kappa shape index (κ1) is 20.4. The maximum Gasteiger partial charge on any atom is 0.116 e. The molecular formula is C26H25N5S. The second-order valence-electron chi connectivity index (χ2n) is 8.13. The van der Waals surface area contributed by atoms with Crippen molar-refractivity contribution in [3.8, 4) is 22.5 Å². The van der Waals surface area contributed by atoms with Gasteiger partial charge in [-0.2, -0.15) is 5.10 Å². The summed E-state index contributed by atoms with van der Waals surface area (Å²) in [6.07, 6.45) is 8.07. The number of aromatic nitrogens is 4. The van der Waals surface area contributed by atoms with Gasteiger partial charge in [-0.3, -0.25) is 10.1 Å². The largest absolute Gasteiger partial charge is 0.359 e. The summed E-state index contributed by atoms with van der Waals surface area (Å²) >= 11 is 1.75. The standard InChI is InChI=1S/C26H25N5S/c1-4-21(25-6-5-9-32-25)20-12-24(28-15-20)26-22-11-18(7-8-23(22)29-30-26)19-10-17(13-27-14-19)16-31(2)3/h4-15,28H,16H2,1-3H3,(H,29,30)/b21-4+. The van der Waals surface area contributed by atoms with Gasteiger partial charge in [-0.1, -0.05) is 18.2 Å².